The average molecular weight is 264 g/mol. The second-order valence-corrected chi connectivity index (χ2v) is 6.28. The zero-order chi connectivity index (χ0) is 13.5. The quantitative estimate of drug-likeness (QED) is 0.607. The first kappa shape index (κ1) is 14.5. The fourth-order valence-corrected chi connectivity index (χ4v) is 3.41. The Hall–Kier alpha value is -0.860. The molecule has 0 saturated heterocycles. The number of hydrazone groups is 1. The molecule has 0 atom stereocenters. The molecule has 0 unspecified atom stereocenters. The topological polar surface area (TPSA) is 41.5 Å². The maximum Gasteiger partial charge on any atom is 0.243 e. The van der Waals surface area contributed by atoms with Crippen molar-refractivity contribution >= 4 is 12.1 Å². The fraction of sp³-hybridized carbons (Fsp3) is 0.875. The van der Waals surface area contributed by atoms with Gasteiger partial charge in [0.15, 0.2) is 0 Å². The summed E-state index contributed by atoms with van der Waals surface area (Å²) in [5.41, 5.74) is 2.76. The van der Waals surface area contributed by atoms with E-state index in [9.17, 15) is 4.79 Å². The van der Waals surface area contributed by atoms with Crippen molar-refractivity contribution in [3.8, 4) is 0 Å². The Bertz CT molecular complexity index is 300. The van der Waals surface area contributed by atoms with Crippen LogP contribution < -0.4 is 5.43 Å². The molecule has 0 spiro atoms. The van der Waals surface area contributed by atoms with E-state index >= 15 is 0 Å². The van der Waals surface area contributed by atoms with Gasteiger partial charge in [0, 0.05) is 12.1 Å². The second kappa shape index (κ2) is 7.66. The van der Waals surface area contributed by atoms with E-state index in [2.05, 4.69) is 17.5 Å². The molecule has 2 rings (SSSR count). The van der Waals surface area contributed by atoms with E-state index in [4.69, 9.17) is 0 Å². The SMILES string of the molecule is CCC1CCC(/C=N/NC(=O)C2CCCCC2)CC1. The lowest BCUT2D eigenvalue weighted by Crippen LogP contribution is -2.29. The van der Waals surface area contributed by atoms with Gasteiger partial charge in [0.25, 0.3) is 0 Å². The number of amides is 1. The van der Waals surface area contributed by atoms with Crippen molar-refractivity contribution in [1.29, 1.82) is 0 Å². The molecule has 0 aromatic heterocycles. The normalized spacial score (nSPS) is 29.5. The highest BCUT2D eigenvalue weighted by atomic mass is 16.2. The average Bonchev–Trinajstić information content (AvgIpc) is 2.49. The third-order valence-corrected chi connectivity index (χ3v) is 4.90. The van der Waals surface area contributed by atoms with E-state index in [0.29, 0.717) is 5.92 Å². The van der Waals surface area contributed by atoms with Gasteiger partial charge in [-0.25, -0.2) is 5.43 Å². The third-order valence-electron chi connectivity index (χ3n) is 4.90. The summed E-state index contributed by atoms with van der Waals surface area (Å²) in [6.07, 6.45) is 14.2. The molecule has 1 N–H and O–H groups in total. The maximum atomic E-state index is 11.9. The molecule has 2 saturated carbocycles. The van der Waals surface area contributed by atoms with Crippen molar-refractivity contribution in [2.75, 3.05) is 0 Å². The molecule has 1 amide bonds. The van der Waals surface area contributed by atoms with Crippen molar-refractivity contribution in [2.45, 2.75) is 71.1 Å². The Balaban J connectivity index is 1.67. The molecule has 2 aliphatic carbocycles. The summed E-state index contributed by atoms with van der Waals surface area (Å²) in [6.45, 7) is 2.28. The number of nitrogens with one attached hydrogen (secondary N) is 1. The summed E-state index contributed by atoms with van der Waals surface area (Å²) < 4.78 is 0. The van der Waals surface area contributed by atoms with E-state index in [-0.39, 0.29) is 11.8 Å². The largest absolute Gasteiger partial charge is 0.273 e. The van der Waals surface area contributed by atoms with Crippen LogP contribution in [0.1, 0.15) is 71.1 Å². The molecule has 3 nitrogen and oxygen atoms in total. The van der Waals surface area contributed by atoms with Crippen LogP contribution in [0.5, 0.6) is 0 Å². The molecular weight excluding hydrogens is 236 g/mol. The summed E-state index contributed by atoms with van der Waals surface area (Å²) in [7, 11) is 0. The molecule has 2 aliphatic rings. The monoisotopic (exact) mass is 264 g/mol. The molecule has 0 bridgehead atoms. The van der Waals surface area contributed by atoms with Crippen molar-refractivity contribution in [1.82, 2.24) is 5.43 Å². The Labute approximate surface area is 117 Å². The molecular formula is C16H28N2O. The predicted molar refractivity (Wildman–Crippen MR) is 78.9 cm³/mol. The van der Waals surface area contributed by atoms with Crippen molar-refractivity contribution < 1.29 is 4.79 Å². The Morgan fingerprint density at radius 1 is 1.11 bits per heavy atom. The minimum atomic E-state index is 0.137. The van der Waals surface area contributed by atoms with Gasteiger partial charge in [-0.3, -0.25) is 4.79 Å². The van der Waals surface area contributed by atoms with Crippen molar-refractivity contribution in [3.05, 3.63) is 0 Å². The highest BCUT2D eigenvalue weighted by Crippen LogP contribution is 2.29. The van der Waals surface area contributed by atoms with E-state index < -0.39 is 0 Å². The number of hydrogen-bond acceptors (Lipinski definition) is 2. The van der Waals surface area contributed by atoms with Gasteiger partial charge in [0.05, 0.1) is 0 Å². The number of carbonyl (C=O) groups excluding carboxylic acids is 1. The van der Waals surface area contributed by atoms with Crippen LogP contribution in [0, 0.1) is 17.8 Å². The first-order valence-electron chi connectivity index (χ1n) is 8.12. The van der Waals surface area contributed by atoms with Crippen LogP contribution in [0.15, 0.2) is 5.10 Å². The molecule has 2 fully saturated rings. The number of rotatable bonds is 4. The van der Waals surface area contributed by atoms with Gasteiger partial charge in [-0.1, -0.05) is 32.6 Å². The lowest BCUT2D eigenvalue weighted by atomic mass is 9.81. The molecule has 0 heterocycles. The van der Waals surface area contributed by atoms with Gasteiger partial charge in [0.2, 0.25) is 5.91 Å². The summed E-state index contributed by atoms with van der Waals surface area (Å²) in [5.74, 6) is 1.84. The molecule has 19 heavy (non-hydrogen) atoms. The summed E-state index contributed by atoms with van der Waals surface area (Å²) in [6, 6.07) is 0. The molecule has 3 heteroatoms. The van der Waals surface area contributed by atoms with Crippen LogP contribution in [0.25, 0.3) is 0 Å². The number of nitrogens with zero attached hydrogens (tertiary/aromatic N) is 1. The van der Waals surface area contributed by atoms with Crippen LogP contribution in [0.4, 0.5) is 0 Å². The first-order valence-corrected chi connectivity index (χ1v) is 8.12. The third kappa shape index (κ3) is 4.63. The van der Waals surface area contributed by atoms with E-state index in [0.717, 1.165) is 18.8 Å². The van der Waals surface area contributed by atoms with Crippen LogP contribution in [-0.4, -0.2) is 12.1 Å². The Kier molecular flexibility index (Phi) is 5.87. The first-order chi connectivity index (χ1) is 9.29. The fourth-order valence-electron chi connectivity index (χ4n) is 3.41. The van der Waals surface area contributed by atoms with Gasteiger partial charge < -0.3 is 0 Å². The molecule has 0 aliphatic heterocycles. The van der Waals surface area contributed by atoms with Gasteiger partial charge >= 0.3 is 0 Å². The highest BCUT2D eigenvalue weighted by Gasteiger charge is 2.21. The number of hydrogen-bond donors (Lipinski definition) is 1. The van der Waals surface area contributed by atoms with E-state index in [1.165, 1.54) is 51.4 Å². The standard InChI is InChI=1S/C16H28N2O/c1-2-13-8-10-14(11-9-13)12-17-18-16(19)15-6-4-3-5-7-15/h12-15H,2-11H2,1H3,(H,18,19)/b17-12+. The summed E-state index contributed by atoms with van der Waals surface area (Å²) in [4.78, 5) is 11.9. The van der Waals surface area contributed by atoms with Crippen LogP contribution in [-0.2, 0) is 4.79 Å². The summed E-state index contributed by atoms with van der Waals surface area (Å²) in [5, 5.41) is 4.20. The number of carbonyl (C=O) groups is 1. The van der Waals surface area contributed by atoms with Crippen molar-refractivity contribution in [3.63, 3.8) is 0 Å². The minimum Gasteiger partial charge on any atom is -0.273 e. The van der Waals surface area contributed by atoms with Crippen LogP contribution >= 0.6 is 0 Å². The van der Waals surface area contributed by atoms with Gasteiger partial charge in [-0.15, -0.1) is 0 Å². The minimum absolute atomic E-state index is 0.137. The van der Waals surface area contributed by atoms with Crippen molar-refractivity contribution in [2.24, 2.45) is 22.9 Å². The predicted octanol–water partition coefficient (Wildman–Crippen LogP) is 3.89. The Morgan fingerprint density at radius 2 is 1.79 bits per heavy atom. The maximum absolute atomic E-state index is 11.9. The second-order valence-electron chi connectivity index (χ2n) is 6.28. The zero-order valence-corrected chi connectivity index (χ0v) is 12.2. The zero-order valence-electron chi connectivity index (χ0n) is 12.2. The Morgan fingerprint density at radius 3 is 2.42 bits per heavy atom. The summed E-state index contributed by atoms with van der Waals surface area (Å²) >= 11 is 0. The van der Waals surface area contributed by atoms with Gasteiger partial charge in [-0.05, 0) is 50.4 Å². The molecule has 0 aromatic carbocycles. The van der Waals surface area contributed by atoms with Crippen LogP contribution in [0.3, 0.4) is 0 Å². The smallest absolute Gasteiger partial charge is 0.243 e. The molecule has 108 valence electrons. The van der Waals surface area contributed by atoms with E-state index in [1.54, 1.807) is 0 Å². The highest BCUT2D eigenvalue weighted by molar-refractivity contribution is 5.79. The molecule has 0 radical (unpaired) electrons. The molecule has 0 aromatic rings. The lowest BCUT2D eigenvalue weighted by Gasteiger charge is -2.25. The lowest BCUT2D eigenvalue weighted by molar-refractivity contribution is -0.125. The van der Waals surface area contributed by atoms with Gasteiger partial charge in [-0.2, -0.15) is 5.10 Å². The van der Waals surface area contributed by atoms with Crippen LogP contribution in [0.2, 0.25) is 0 Å². The van der Waals surface area contributed by atoms with E-state index in [1.807, 2.05) is 6.21 Å². The van der Waals surface area contributed by atoms with Gasteiger partial charge in [0.1, 0.15) is 0 Å².